The molecule has 0 amide bonds. The summed E-state index contributed by atoms with van der Waals surface area (Å²) in [6.45, 7) is 4.34. The Morgan fingerprint density at radius 1 is 1.13 bits per heavy atom. The second-order valence-corrected chi connectivity index (χ2v) is 8.48. The smallest absolute Gasteiger partial charge is 0.306 e. The minimum Gasteiger partial charge on any atom is -0.459 e. The maximum absolute atomic E-state index is 11.8. The largest absolute Gasteiger partial charge is 0.459 e. The Hall–Kier alpha value is -1.16. The fourth-order valence-corrected chi connectivity index (χ4v) is 6.05. The van der Waals surface area contributed by atoms with Crippen LogP contribution in [0.4, 0.5) is 0 Å². The molecule has 0 spiro atoms. The van der Waals surface area contributed by atoms with E-state index in [0.717, 1.165) is 31.3 Å². The van der Waals surface area contributed by atoms with Gasteiger partial charge in [-0.1, -0.05) is 12.5 Å². The lowest BCUT2D eigenvalue weighted by Gasteiger charge is -2.60. The van der Waals surface area contributed by atoms with Crippen LogP contribution >= 0.6 is 0 Å². The Labute approximate surface area is 137 Å². The maximum Gasteiger partial charge on any atom is 0.306 e. The number of carbonyl (C=O) groups excluding carboxylic acids is 2. The van der Waals surface area contributed by atoms with Gasteiger partial charge in [-0.2, -0.15) is 0 Å². The number of hydrogen-bond donors (Lipinski definition) is 1. The van der Waals surface area contributed by atoms with Crippen molar-refractivity contribution in [2.24, 2.45) is 23.2 Å². The van der Waals surface area contributed by atoms with Gasteiger partial charge >= 0.3 is 5.97 Å². The highest BCUT2D eigenvalue weighted by atomic mass is 16.6. The van der Waals surface area contributed by atoms with E-state index in [9.17, 15) is 14.7 Å². The van der Waals surface area contributed by atoms with E-state index in [1.165, 1.54) is 0 Å². The molecule has 0 aromatic heterocycles. The molecule has 4 nitrogen and oxygen atoms in total. The Morgan fingerprint density at radius 2 is 1.91 bits per heavy atom. The van der Waals surface area contributed by atoms with Crippen molar-refractivity contribution < 1.29 is 19.4 Å². The van der Waals surface area contributed by atoms with E-state index < -0.39 is 11.7 Å². The average molecular weight is 318 g/mol. The molecule has 3 fully saturated rings. The van der Waals surface area contributed by atoms with E-state index in [4.69, 9.17) is 4.74 Å². The molecule has 0 aromatic carbocycles. The molecular formula is C19H26O4. The highest BCUT2D eigenvalue weighted by molar-refractivity contribution is 5.91. The van der Waals surface area contributed by atoms with Gasteiger partial charge in [0.15, 0.2) is 5.78 Å². The van der Waals surface area contributed by atoms with Gasteiger partial charge in [-0.15, -0.1) is 0 Å². The van der Waals surface area contributed by atoms with E-state index in [1.54, 1.807) is 6.08 Å². The first kappa shape index (κ1) is 15.4. The van der Waals surface area contributed by atoms with Crippen LogP contribution in [0.25, 0.3) is 0 Å². The number of esters is 1. The number of rotatable bonds is 0. The SMILES string of the molecule is C[C@@]12CC[C@H]3[C@@H]([C@H](O)CC4=CC(=O)CC[C@]43C)[C@H]1CCC(=O)O2. The summed E-state index contributed by atoms with van der Waals surface area (Å²) in [5.41, 5.74) is 0.763. The highest BCUT2D eigenvalue weighted by Gasteiger charge is 2.60. The molecule has 23 heavy (non-hydrogen) atoms. The quantitative estimate of drug-likeness (QED) is 0.698. The Balaban J connectivity index is 1.72. The van der Waals surface area contributed by atoms with Gasteiger partial charge in [-0.3, -0.25) is 9.59 Å². The Kier molecular flexibility index (Phi) is 3.29. The molecule has 4 rings (SSSR count). The van der Waals surface area contributed by atoms with Crippen LogP contribution in [-0.4, -0.2) is 28.6 Å². The number of allylic oxidation sites excluding steroid dienone is 1. The second kappa shape index (κ2) is 4.92. The first-order chi connectivity index (χ1) is 10.8. The van der Waals surface area contributed by atoms with E-state index in [-0.39, 0.29) is 29.0 Å². The van der Waals surface area contributed by atoms with Crippen molar-refractivity contribution >= 4 is 11.8 Å². The molecule has 0 bridgehead atoms. The fraction of sp³-hybridized carbons (Fsp3) is 0.789. The lowest BCUT2D eigenvalue weighted by molar-refractivity contribution is -0.204. The molecule has 1 aliphatic heterocycles. The summed E-state index contributed by atoms with van der Waals surface area (Å²) in [7, 11) is 0. The summed E-state index contributed by atoms with van der Waals surface area (Å²) >= 11 is 0. The minimum absolute atomic E-state index is 0.0284. The first-order valence-corrected chi connectivity index (χ1v) is 8.97. The Morgan fingerprint density at radius 3 is 2.70 bits per heavy atom. The lowest BCUT2D eigenvalue weighted by Crippen LogP contribution is -2.60. The lowest BCUT2D eigenvalue weighted by atomic mass is 9.47. The van der Waals surface area contributed by atoms with Crippen molar-refractivity contribution in [3.63, 3.8) is 0 Å². The molecule has 1 saturated heterocycles. The summed E-state index contributed by atoms with van der Waals surface area (Å²) in [6, 6.07) is 0. The topological polar surface area (TPSA) is 63.6 Å². The predicted octanol–water partition coefficient (Wildman–Crippen LogP) is 2.78. The van der Waals surface area contributed by atoms with Gasteiger partial charge in [-0.25, -0.2) is 0 Å². The summed E-state index contributed by atoms with van der Waals surface area (Å²) in [5, 5.41) is 10.9. The van der Waals surface area contributed by atoms with Crippen LogP contribution in [0.3, 0.4) is 0 Å². The molecule has 0 unspecified atom stereocenters. The molecule has 1 heterocycles. The van der Waals surface area contributed by atoms with Gasteiger partial charge in [0.25, 0.3) is 0 Å². The van der Waals surface area contributed by atoms with Crippen LogP contribution in [0.1, 0.15) is 58.8 Å². The molecule has 0 aromatic rings. The molecule has 0 radical (unpaired) electrons. The van der Waals surface area contributed by atoms with Crippen LogP contribution in [0, 0.1) is 23.2 Å². The summed E-state index contributed by atoms with van der Waals surface area (Å²) in [6.07, 6.45) is 6.62. The normalized spacial score (nSPS) is 49.4. The molecule has 6 atom stereocenters. The molecule has 4 heteroatoms. The van der Waals surface area contributed by atoms with Gasteiger partial charge < -0.3 is 9.84 Å². The number of ether oxygens (including phenoxy) is 1. The third-order valence-electron chi connectivity index (χ3n) is 7.32. The number of ketones is 1. The number of hydrogen-bond acceptors (Lipinski definition) is 4. The minimum atomic E-state index is -0.424. The van der Waals surface area contributed by atoms with Crippen molar-refractivity contribution in [2.75, 3.05) is 0 Å². The van der Waals surface area contributed by atoms with Crippen LogP contribution in [0.5, 0.6) is 0 Å². The summed E-state index contributed by atoms with van der Waals surface area (Å²) < 4.78 is 5.74. The molecule has 1 N–H and O–H groups in total. The average Bonchev–Trinajstić information content (AvgIpc) is 2.48. The summed E-state index contributed by atoms with van der Waals surface area (Å²) in [5.74, 6) is 0.917. The number of fused-ring (bicyclic) bond motifs is 5. The van der Waals surface area contributed by atoms with Crippen LogP contribution in [-0.2, 0) is 14.3 Å². The highest BCUT2D eigenvalue weighted by Crippen LogP contribution is 2.61. The van der Waals surface area contributed by atoms with E-state index in [2.05, 4.69) is 13.8 Å². The third-order valence-corrected chi connectivity index (χ3v) is 7.32. The second-order valence-electron chi connectivity index (χ2n) is 8.48. The van der Waals surface area contributed by atoms with Gasteiger partial charge in [0, 0.05) is 18.8 Å². The summed E-state index contributed by atoms with van der Waals surface area (Å²) in [4.78, 5) is 23.6. The van der Waals surface area contributed by atoms with Crippen molar-refractivity contribution in [1.29, 1.82) is 0 Å². The predicted molar refractivity (Wildman–Crippen MR) is 84.5 cm³/mol. The van der Waals surface area contributed by atoms with Gasteiger partial charge in [-0.05, 0) is 62.4 Å². The monoisotopic (exact) mass is 318 g/mol. The van der Waals surface area contributed by atoms with Crippen molar-refractivity contribution in [1.82, 2.24) is 0 Å². The van der Waals surface area contributed by atoms with E-state index in [1.807, 2.05) is 0 Å². The van der Waals surface area contributed by atoms with Crippen molar-refractivity contribution in [2.45, 2.75) is 70.5 Å². The van der Waals surface area contributed by atoms with Crippen molar-refractivity contribution in [3.8, 4) is 0 Å². The third kappa shape index (κ3) is 2.14. The van der Waals surface area contributed by atoms with E-state index >= 15 is 0 Å². The van der Waals surface area contributed by atoms with Crippen LogP contribution in [0.2, 0.25) is 0 Å². The van der Waals surface area contributed by atoms with Crippen LogP contribution in [0.15, 0.2) is 11.6 Å². The molecule has 4 aliphatic rings. The fourth-order valence-electron chi connectivity index (χ4n) is 6.05. The zero-order valence-corrected chi connectivity index (χ0v) is 14.0. The zero-order chi connectivity index (χ0) is 16.4. The van der Waals surface area contributed by atoms with E-state index in [0.29, 0.717) is 25.2 Å². The Bertz CT molecular complexity index is 594. The van der Waals surface area contributed by atoms with Crippen LogP contribution < -0.4 is 0 Å². The molecular weight excluding hydrogens is 292 g/mol. The number of carbonyl (C=O) groups is 2. The number of aliphatic hydroxyl groups excluding tert-OH is 1. The molecule has 126 valence electrons. The van der Waals surface area contributed by atoms with Gasteiger partial charge in [0.2, 0.25) is 0 Å². The standard InChI is InChI=1S/C19H26O4/c1-18-7-5-12(20)9-11(18)10-15(21)17-13(18)6-8-19(2)14(17)3-4-16(22)23-19/h9,13-15,17,21H,3-8,10H2,1-2H3/t13-,14+,15+,17+,18+,19+/m0/s1. The zero-order valence-electron chi connectivity index (χ0n) is 14.0. The number of aliphatic hydroxyl groups is 1. The first-order valence-electron chi connectivity index (χ1n) is 8.97. The van der Waals surface area contributed by atoms with Gasteiger partial charge in [0.1, 0.15) is 5.60 Å². The molecule has 2 saturated carbocycles. The molecule has 3 aliphatic carbocycles. The van der Waals surface area contributed by atoms with Gasteiger partial charge in [0.05, 0.1) is 6.10 Å². The van der Waals surface area contributed by atoms with Crippen molar-refractivity contribution in [3.05, 3.63) is 11.6 Å². The maximum atomic E-state index is 11.8.